The van der Waals surface area contributed by atoms with Gasteiger partial charge in [-0.05, 0) is 49.7 Å². The number of nitrogens with zero attached hydrogens (tertiary/aromatic N) is 2. The number of amides is 2. The van der Waals surface area contributed by atoms with Crippen molar-refractivity contribution >= 4 is 22.7 Å². The number of fused-ring (bicyclic) bond motifs is 1. The first kappa shape index (κ1) is 20.8. The molecule has 1 aliphatic carbocycles. The van der Waals surface area contributed by atoms with Crippen molar-refractivity contribution in [3.05, 3.63) is 53.5 Å². The first-order valence-corrected chi connectivity index (χ1v) is 11.4. The predicted octanol–water partition coefficient (Wildman–Crippen LogP) is 2.57. The number of hydrogen-bond donors (Lipinski definition) is 3. The Labute approximate surface area is 186 Å². The highest BCUT2D eigenvalue weighted by atomic mass is 16.5. The summed E-state index contributed by atoms with van der Waals surface area (Å²) in [6.07, 6.45) is 6.36. The summed E-state index contributed by atoms with van der Waals surface area (Å²) in [6.45, 7) is 1.90. The predicted molar refractivity (Wildman–Crippen MR) is 120 cm³/mol. The number of hydrogen-bond acceptors (Lipinski definition) is 5. The van der Waals surface area contributed by atoms with Gasteiger partial charge in [0.15, 0.2) is 5.69 Å². The molecule has 1 atom stereocenters. The molecule has 2 amide bonds. The van der Waals surface area contributed by atoms with Crippen molar-refractivity contribution in [2.24, 2.45) is 11.7 Å². The van der Waals surface area contributed by atoms with Gasteiger partial charge in [-0.3, -0.25) is 9.59 Å². The minimum atomic E-state index is -0.557. The molecule has 1 saturated carbocycles. The Morgan fingerprint density at radius 2 is 2.00 bits per heavy atom. The van der Waals surface area contributed by atoms with Crippen LogP contribution in [-0.2, 0) is 11.2 Å². The third kappa shape index (κ3) is 4.41. The number of H-pyrrole nitrogens is 1. The molecule has 168 valence electrons. The van der Waals surface area contributed by atoms with Crippen LogP contribution in [0.5, 0.6) is 0 Å². The number of aromatic amines is 1. The molecule has 1 saturated heterocycles. The Morgan fingerprint density at radius 1 is 1.22 bits per heavy atom. The molecule has 1 unspecified atom stereocenters. The van der Waals surface area contributed by atoms with E-state index >= 15 is 0 Å². The van der Waals surface area contributed by atoms with Crippen LogP contribution >= 0.6 is 0 Å². The summed E-state index contributed by atoms with van der Waals surface area (Å²) in [6, 6.07) is 9.23. The smallest absolute Gasteiger partial charge is 0.273 e. The molecule has 2 aromatic heterocycles. The van der Waals surface area contributed by atoms with Crippen LogP contribution in [-0.4, -0.2) is 52.5 Å². The van der Waals surface area contributed by atoms with Gasteiger partial charge in [-0.2, -0.15) is 0 Å². The SMILES string of the molecule is NC(Cc1c[nH]c2ccccc12)C(=O)N1CCC(CNC(=O)c2cc(C3CC3)on2)CC1. The van der Waals surface area contributed by atoms with Gasteiger partial charge < -0.3 is 25.5 Å². The maximum Gasteiger partial charge on any atom is 0.273 e. The van der Waals surface area contributed by atoms with Crippen LogP contribution in [0.3, 0.4) is 0 Å². The fraction of sp³-hybridized carbons (Fsp3) is 0.458. The van der Waals surface area contributed by atoms with Crippen molar-refractivity contribution in [2.75, 3.05) is 19.6 Å². The Kier molecular flexibility index (Phi) is 5.70. The van der Waals surface area contributed by atoms with Crippen molar-refractivity contribution in [1.82, 2.24) is 20.4 Å². The molecule has 0 spiro atoms. The zero-order chi connectivity index (χ0) is 22.1. The van der Waals surface area contributed by atoms with Crippen LogP contribution in [0.15, 0.2) is 41.1 Å². The minimum Gasteiger partial charge on any atom is -0.361 e. The first-order valence-electron chi connectivity index (χ1n) is 11.4. The van der Waals surface area contributed by atoms with E-state index < -0.39 is 6.04 Å². The zero-order valence-electron chi connectivity index (χ0n) is 18.0. The maximum absolute atomic E-state index is 12.9. The Bertz CT molecular complexity index is 1110. The molecule has 2 fully saturated rings. The van der Waals surface area contributed by atoms with E-state index in [0.717, 1.165) is 47.9 Å². The molecule has 5 rings (SSSR count). The summed E-state index contributed by atoms with van der Waals surface area (Å²) in [5.41, 5.74) is 8.75. The molecule has 32 heavy (non-hydrogen) atoms. The highest BCUT2D eigenvalue weighted by Gasteiger charge is 2.30. The van der Waals surface area contributed by atoms with Crippen molar-refractivity contribution < 1.29 is 14.1 Å². The second-order valence-corrected chi connectivity index (χ2v) is 9.04. The molecular weight excluding hydrogens is 406 g/mol. The molecule has 1 aliphatic heterocycles. The van der Waals surface area contributed by atoms with Gasteiger partial charge >= 0.3 is 0 Å². The maximum atomic E-state index is 12.9. The molecule has 3 aromatic rings. The van der Waals surface area contributed by atoms with Gasteiger partial charge in [-0.25, -0.2) is 0 Å². The van der Waals surface area contributed by atoms with Gasteiger partial charge in [0.1, 0.15) is 5.76 Å². The summed E-state index contributed by atoms with van der Waals surface area (Å²) in [5, 5.41) is 7.96. The number of nitrogens with two attached hydrogens (primary N) is 1. The summed E-state index contributed by atoms with van der Waals surface area (Å²) in [7, 11) is 0. The molecule has 0 bridgehead atoms. The fourth-order valence-electron chi connectivity index (χ4n) is 4.50. The molecule has 8 heteroatoms. The van der Waals surface area contributed by atoms with Crippen molar-refractivity contribution in [1.29, 1.82) is 0 Å². The van der Waals surface area contributed by atoms with Crippen LogP contribution in [0.25, 0.3) is 10.9 Å². The van der Waals surface area contributed by atoms with Crippen LogP contribution in [0.2, 0.25) is 0 Å². The number of nitrogens with one attached hydrogen (secondary N) is 2. The summed E-state index contributed by atoms with van der Waals surface area (Å²) < 4.78 is 5.26. The highest BCUT2D eigenvalue weighted by Crippen LogP contribution is 2.40. The molecule has 4 N–H and O–H groups in total. The summed E-state index contributed by atoms with van der Waals surface area (Å²) in [4.78, 5) is 30.3. The number of carbonyl (C=O) groups excluding carboxylic acids is 2. The monoisotopic (exact) mass is 435 g/mol. The zero-order valence-corrected chi connectivity index (χ0v) is 18.0. The van der Waals surface area contributed by atoms with Crippen molar-refractivity contribution in [3.63, 3.8) is 0 Å². The average molecular weight is 436 g/mol. The van der Waals surface area contributed by atoms with Crippen molar-refractivity contribution in [3.8, 4) is 0 Å². The molecule has 3 heterocycles. The quantitative estimate of drug-likeness (QED) is 0.527. The van der Waals surface area contributed by atoms with E-state index in [1.165, 1.54) is 0 Å². The first-order chi connectivity index (χ1) is 15.6. The normalized spacial score (nSPS) is 18.1. The number of rotatable bonds is 7. The van der Waals surface area contributed by atoms with E-state index in [0.29, 0.717) is 43.6 Å². The second-order valence-electron chi connectivity index (χ2n) is 9.04. The number of aromatic nitrogens is 2. The average Bonchev–Trinajstić information content (AvgIpc) is 3.41. The Hall–Kier alpha value is -3.13. The van der Waals surface area contributed by atoms with E-state index in [9.17, 15) is 9.59 Å². The van der Waals surface area contributed by atoms with E-state index in [2.05, 4.69) is 15.5 Å². The topological polar surface area (TPSA) is 117 Å². The standard InChI is InChI=1S/C24H29N5O3/c25-19(11-17-14-26-20-4-2-1-3-18(17)20)24(31)29-9-7-15(8-10-29)13-27-23(30)21-12-22(32-28-21)16-5-6-16/h1-4,12,14-16,19,26H,5-11,13,25H2,(H,27,30). The van der Waals surface area contributed by atoms with E-state index in [-0.39, 0.29) is 11.8 Å². The lowest BCUT2D eigenvalue weighted by molar-refractivity contribution is -0.133. The minimum absolute atomic E-state index is 0.00651. The van der Waals surface area contributed by atoms with Crippen LogP contribution in [0.1, 0.15) is 53.4 Å². The molecule has 2 aliphatic rings. The van der Waals surface area contributed by atoms with Gasteiger partial charge in [0, 0.05) is 48.7 Å². The van der Waals surface area contributed by atoms with Crippen LogP contribution < -0.4 is 11.1 Å². The van der Waals surface area contributed by atoms with E-state index in [1.807, 2.05) is 35.4 Å². The largest absolute Gasteiger partial charge is 0.361 e. The number of carbonyl (C=O) groups is 2. The van der Waals surface area contributed by atoms with Gasteiger partial charge in [0.05, 0.1) is 6.04 Å². The highest BCUT2D eigenvalue weighted by molar-refractivity contribution is 5.92. The number of likely N-dealkylation sites (tertiary alicyclic amines) is 1. The number of piperidine rings is 1. The molecule has 8 nitrogen and oxygen atoms in total. The molecule has 1 aromatic carbocycles. The number of para-hydroxylation sites is 1. The van der Waals surface area contributed by atoms with Gasteiger partial charge in [-0.1, -0.05) is 23.4 Å². The fourth-order valence-corrected chi connectivity index (χ4v) is 4.50. The number of benzene rings is 1. The third-order valence-corrected chi connectivity index (χ3v) is 6.65. The van der Waals surface area contributed by atoms with Gasteiger partial charge in [-0.15, -0.1) is 0 Å². The Balaban J connectivity index is 1.08. The lowest BCUT2D eigenvalue weighted by Gasteiger charge is -2.33. The van der Waals surface area contributed by atoms with Crippen molar-refractivity contribution in [2.45, 2.75) is 44.1 Å². The van der Waals surface area contributed by atoms with E-state index in [4.69, 9.17) is 10.3 Å². The Morgan fingerprint density at radius 3 is 2.78 bits per heavy atom. The van der Waals surface area contributed by atoms with Gasteiger partial charge in [0.25, 0.3) is 5.91 Å². The molecular formula is C24H29N5O3. The summed E-state index contributed by atoms with van der Waals surface area (Å²) >= 11 is 0. The second kappa shape index (κ2) is 8.78. The van der Waals surface area contributed by atoms with Crippen LogP contribution in [0, 0.1) is 5.92 Å². The molecule has 0 radical (unpaired) electrons. The van der Waals surface area contributed by atoms with E-state index in [1.54, 1.807) is 6.07 Å². The van der Waals surface area contributed by atoms with Gasteiger partial charge in [0.2, 0.25) is 5.91 Å². The third-order valence-electron chi connectivity index (χ3n) is 6.65. The van der Waals surface area contributed by atoms with Crippen LogP contribution in [0.4, 0.5) is 0 Å². The lowest BCUT2D eigenvalue weighted by Crippen LogP contribution is -2.49. The summed E-state index contributed by atoms with van der Waals surface area (Å²) in [5.74, 6) is 1.38. The lowest BCUT2D eigenvalue weighted by atomic mass is 9.95.